The molecule has 1 aliphatic heterocycles. The van der Waals surface area contributed by atoms with Crippen LogP contribution in [0.25, 0.3) is 10.9 Å². The summed E-state index contributed by atoms with van der Waals surface area (Å²) in [6.45, 7) is 1.46. The van der Waals surface area contributed by atoms with Crippen molar-refractivity contribution in [1.82, 2.24) is 14.8 Å². The fraction of sp³-hybridized carbons (Fsp3) is 0.471. The van der Waals surface area contributed by atoms with Gasteiger partial charge in [0.2, 0.25) is 5.91 Å². The van der Waals surface area contributed by atoms with Crippen molar-refractivity contribution in [2.24, 2.45) is 12.8 Å². The van der Waals surface area contributed by atoms with E-state index in [2.05, 4.69) is 27.0 Å². The smallest absolute Gasteiger partial charge is 0.237 e. The average Bonchev–Trinajstić information content (AvgIpc) is 3.07. The second-order valence-corrected chi connectivity index (χ2v) is 6.20. The molecule has 0 radical (unpaired) electrons. The number of carbonyl (C=O) groups is 1. The quantitative estimate of drug-likeness (QED) is 0.876. The van der Waals surface area contributed by atoms with E-state index in [4.69, 9.17) is 10.5 Å². The number of rotatable bonds is 4. The van der Waals surface area contributed by atoms with Gasteiger partial charge in [-0.2, -0.15) is 0 Å². The number of hydrogen-bond acceptors (Lipinski definition) is 4. The monoisotopic (exact) mass is 316 g/mol. The van der Waals surface area contributed by atoms with E-state index >= 15 is 0 Å². The van der Waals surface area contributed by atoms with Crippen LogP contribution < -0.4 is 15.8 Å². The van der Waals surface area contributed by atoms with Crippen LogP contribution in [-0.4, -0.2) is 48.2 Å². The summed E-state index contributed by atoms with van der Waals surface area (Å²) in [4.78, 5) is 14.3. The van der Waals surface area contributed by atoms with E-state index in [0.29, 0.717) is 6.42 Å². The van der Waals surface area contributed by atoms with Gasteiger partial charge in [0.05, 0.1) is 18.7 Å². The Morgan fingerprint density at radius 2 is 2.26 bits per heavy atom. The third kappa shape index (κ3) is 2.92. The van der Waals surface area contributed by atoms with E-state index in [1.54, 1.807) is 14.2 Å². The van der Waals surface area contributed by atoms with Gasteiger partial charge < -0.3 is 20.4 Å². The summed E-state index contributed by atoms with van der Waals surface area (Å²) in [6.07, 6.45) is 2.83. The normalized spacial score (nSPS) is 21.7. The Kier molecular flexibility index (Phi) is 4.28. The van der Waals surface area contributed by atoms with Crippen LogP contribution >= 0.6 is 0 Å². The second kappa shape index (κ2) is 6.22. The van der Waals surface area contributed by atoms with Gasteiger partial charge in [-0.1, -0.05) is 0 Å². The Bertz CT molecular complexity index is 725. The molecule has 1 aliphatic rings. The predicted molar refractivity (Wildman–Crippen MR) is 90.3 cm³/mol. The third-order valence-corrected chi connectivity index (χ3v) is 4.64. The lowest BCUT2D eigenvalue weighted by atomic mass is 10.1. The number of likely N-dealkylation sites (N-methyl/N-ethyl adjacent to an activating group) is 1. The number of aryl methyl sites for hydroxylation is 1. The SMILES string of the molecule is CNC(=O)[C@@H]1C[C@H](N)CN1Cc1cn(C)c2cc(OC)ccc12. The van der Waals surface area contributed by atoms with Crippen LogP contribution in [0.3, 0.4) is 0 Å². The van der Waals surface area contributed by atoms with Crippen LogP contribution in [0.4, 0.5) is 0 Å². The molecule has 1 saturated heterocycles. The number of amides is 1. The first-order valence-corrected chi connectivity index (χ1v) is 7.86. The molecule has 2 heterocycles. The molecule has 23 heavy (non-hydrogen) atoms. The van der Waals surface area contributed by atoms with Gasteiger partial charge in [0.25, 0.3) is 0 Å². The Labute approximate surface area is 136 Å². The van der Waals surface area contributed by atoms with Gasteiger partial charge in [-0.25, -0.2) is 0 Å². The molecule has 6 nitrogen and oxygen atoms in total. The number of carbonyl (C=O) groups excluding carboxylic acids is 1. The van der Waals surface area contributed by atoms with Crippen molar-refractivity contribution in [2.45, 2.75) is 25.0 Å². The van der Waals surface area contributed by atoms with Crippen LogP contribution in [0.15, 0.2) is 24.4 Å². The summed E-state index contributed by atoms with van der Waals surface area (Å²) in [6, 6.07) is 5.98. The molecule has 6 heteroatoms. The molecule has 124 valence electrons. The highest BCUT2D eigenvalue weighted by Crippen LogP contribution is 2.28. The summed E-state index contributed by atoms with van der Waals surface area (Å²) in [5.41, 5.74) is 8.40. The van der Waals surface area contributed by atoms with Crippen molar-refractivity contribution in [1.29, 1.82) is 0 Å². The Balaban J connectivity index is 1.90. The van der Waals surface area contributed by atoms with E-state index in [9.17, 15) is 4.79 Å². The molecule has 0 bridgehead atoms. The first kappa shape index (κ1) is 15.8. The van der Waals surface area contributed by atoms with Crippen molar-refractivity contribution in [2.75, 3.05) is 20.7 Å². The van der Waals surface area contributed by atoms with Crippen molar-refractivity contribution in [3.8, 4) is 5.75 Å². The topological polar surface area (TPSA) is 72.5 Å². The lowest BCUT2D eigenvalue weighted by Gasteiger charge is -2.22. The fourth-order valence-electron chi connectivity index (χ4n) is 3.47. The van der Waals surface area contributed by atoms with Gasteiger partial charge in [-0.05, 0) is 24.1 Å². The van der Waals surface area contributed by atoms with Gasteiger partial charge in [0.15, 0.2) is 0 Å². The lowest BCUT2D eigenvalue weighted by molar-refractivity contribution is -0.125. The molecule has 2 aromatic rings. The summed E-state index contributed by atoms with van der Waals surface area (Å²) in [7, 11) is 5.37. The Morgan fingerprint density at radius 3 is 2.96 bits per heavy atom. The van der Waals surface area contributed by atoms with Crippen molar-refractivity contribution < 1.29 is 9.53 Å². The first-order valence-electron chi connectivity index (χ1n) is 7.86. The summed E-state index contributed by atoms with van der Waals surface area (Å²) in [5, 5.41) is 3.93. The Hall–Kier alpha value is -2.05. The highest BCUT2D eigenvalue weighted by Gasteiger charge is 2.34. The molecule has 1 fully saturated rings. The van der Waals surface area contributed by atoms with Gasteiger partial charge in [0, 0.05) is 50.9 Å². The minimum atomic E-state index is -0.150. The van der Waals surface area contributed by atoms with Crippen molar-refractivity contribution >= 4 is 16.8 Å². The van der Waals surface area contributed by atoms with Gasteiger partial charge in [-0.3, -0.25) is 9.69 Å². The number of hydrogen-bond donors (Lipinski definition) is 2. The molecule has 2 atom stereocenters. The zero-order chi connectivity index (χ0) is 16.6. The molecule has 0 spiro atoms. The van der Waals surface area contributed by atoms with E-state index in [-0.39, 0.29) is 18.0 Å². The number of ether oxygens (including phenoxy) is 1. The fourth-order valence-corrected chi connectivity index (χ4v) is 3.47. The molecular weight excluding hydrogens is 292 g/mol. The van der Waals surface area contributed by atoms with Gasteiger partial charge in [0.1, 0.15) is 5.75 Å². The van der Waals surface area contributed by atoms with Crippen LogP contribution in [-0.2, 0) is 18.4 Å². The molecule has 0 unspecified atom stereocenters. The molecular formula is C17H24N4O2. The summed E-state index contributed by atoms with van der Waals surface area (Å²) in [5.74, 6) is 0.886. The number of nitrogens with two attached hydrogens (primary N) is 1. The number of fused-ring (bicyclic) bond motifs is 1. The number of benzene rings is 1. The maximum Gasteiger partial charge on any atom is 0.237 e. The standard InChI is InChI=1S/C17H24N4O2/c1-19-17(22)16-6-12(18)10-21(16)9-11-8-20(2)15-7-13(23-3)4-5-14(11)15/h4-5,7-8,12,16H,6,9-10,18H2,1-3H3,(H,19,22)/t12-,16-/m0/s1. The number of nitrogens with zero attached hydrogens (tertiary/aromatic N) is 2. The molecule has 3 N–H and O–H groups in total. The van der Waals surface area contributed by atoms with E-state index in [0.717, 1.165) is 24.4 Å². The van der Waals surface area contributed by atoms with Crippen molar-refractivity contribution in [3.05, 3.63) is 30.0 Å². The Morgan fingerprint density at radius 1 is 1.48 bits per heavy atom. The minimum Gasteiger partial charge on any atom is -0.497 e. The number of nitrogens with one attached hydrogen (secondary N) is 1. The number of methoxy groups -OCH3 is 1. The van der Waals surface area contributed by atoms with Crippen LogP contribution in [0.5, 0.6) is 5.75 Å². The zero-order valence-electron chi connectivity index (χ0n) is 13.9. The predicted octanol–water partition coefficient (Wildman–Crippen LogP) is 0.835. The minimum absolute atomic E-state index is 0.0415. The third-order valence-electron chi connectivity index (χ3n) is 4.64. The van der Waals surface area contributed by atoms with Crippen LogP contribution in [0.2, 0.25) is 0 Å². The van der Waals surface area contributed by atoms with E-state index in [1.807, 2.05) is 19.2 Å². The first-order chi connectivity index (χ1) is 11.0. The maximum absolute atomic E-state index is 12.1. The summed E-state index contributed by atoms with van der Waals surface area (Å²) < 4.78 is 7.40. The second-order valence-electron chi connectivity index (χ2n) is 6.20. The van der Waals surface area contributed by atoms with Crippen LogP contribution in [0.1, 0.15) is 12.0 Å². The lowest BCUT2D eigenvalue weighted by Crippen LogP contribution is -2.41. The number of aromatic nitrogens is 1. The van der Waals surface area contributed by atoms with E-state index in [1.165, 1.54) is 10.9 Å². The van der Waals surface area contributed by atoms with E-state index < -0.39 is 0 Å². The molecule has 1 aromatic carbocycles. The molecule has 3 rings (SSSR count). The van der Waals surface area contributed by atoms with Crippen LogP contribution in [0, 0.1) is 0 Å². The largest absolute Gasteiger partial charge is 0.497 e. The van der Waals surface area contributed by atoms with Crippen molar-refractivity contribution in [3.63, 3.8) is 0 Å². The molecule has 1 amide bonds. The summed E-state index contributed by atoms with van der Waals surface area (Å²) >= 11 is 0. The highest BCUT2D eigenvalue weighted by atomic mass is 16.5. The molecule has 0 aliphatic carbocycles. The van der Waals surface area contributed by atoms with Gasteiger partial charge >= 0.3 is 0 Å². The molecule has 0 saturated carbocycles. The molecule has 1 aromatic heterocycles. The highest BCUT2D eigenvalue weighted by molar-refractivity contribution is 5.85. The zero-order valence-corrected chi connectivity index (χ0v) is 13.9. The maximum atomic E-state index is 12.1. The van der Waals surface area contributed by atoms with Gasteiger partial charge in [-0.15, -0.1) is 0 Å². The number of likely N-dealkylation sites (tertiary alicyclic amines) is 1. The average molecular weight is 316 g/mol.